The Morgan fingerprint density at radius 3 is 2.21 bits per heavy atom. The molecule has 0 saturated heterocycles. The molecule has 7 heteroatoms. The van der Waals surface area contributed by atoms with Crippen molar-refractivity contribution >= 4 is 23.5 Å². The van der Waals surface area contributed by atoms with Crippen molar-refractivity contribution in [3.63, 3.8) is 0 Å². The van der Waals surface area contributed by atoms with Crippen molar-refractivity contribution in [2.45, 2.75) is 19.4 Å². The van der Waals surface area contributed by atoms with Crippen LogP contribution >= 0.6 is 0 Å². The number of hydrogen-bond donors (Lipinski definition) is 2. The number of amides is 2. The van der Waals surface area contributed by atoms with Crippen molar-refractivity contribution in [2.75, 3.05) is 32.6 Å². The summed E-state index contributed by atoms with van der Waals surface area (Å²) in [6, 6.07) is 16.1. The second-order valence-electron chi connectivity index (χ2n) is 6.92. The fourth-order valence-electron chi connectivity index (χ4n) is 2.81. The molecule has 0 aliphatic rings. The largest absolute Gasteiger partial charge is 0.467 e. The third-order valence-electron chi connectivity index (χ3n) is 4.27. The van der Waals surface area contributed by atoms with E-state index in [0.717, 1.165) is 11.1 Å². The molecule has 0 fully saturated rings. The summed E-state index contributed by atoms with van der Waals surface area (Å²) in [4.78, 5) is 38.1. The van der Waals surface area contributed by atoms with Crippen molar-refractivity contribution in [1.29, 1.82) is 0 Å². The maximum Gasteiger partial charge on any atom is 0.328 e. The van der Waals surface area contributed by atoms with Crippen LogP contribution in [0, 0.1) is 6.92 Å². The first kappa shape index (κ1) is 22.1. The average molecular weight is 397 g/mol. The second kappa shape index (κ2) is 11.0. The van der Waals surface area contributed by atoms with E-state index in [-0.39, 0.29) is 24.9 Å². The monoisotopic (exact) mass is 397 g/mol. The lowest BCUT2D eigenvalue weighted by Crippen LogP contribution is -2.47. The van der Waals surface area contributed by atoms with Crippen LogP contribution in [0.1, 0.15) is 11.1 Å². The molecule has 2 N–H and O–H groups in total. The first-order valence-corrected chi connectivity index (χ1v) is 9.33. The molecule has 0 aliphatic heterocycles. The molecule has 0 aliphatic carbocycles. The van der Waals surface area contributed by atoms with Gasteiger partial charge in [0.15, 0.2) is 0 Å². The smallest absolute Gasteiger partial charge is 0.328 e. The molecule has 0 radical (unpaired) electrons. The minimum atomic E-state index is -0.787. The lowest BCUT2D eigenvalue weighted by Gasteiger charge is -2.20. The van der Waals surface area contributed by atoms with Crippen molar-refractivity contribution in [3.05, 3.63) is 65.7 Å². The predicted octanol–water partition coefficient (Wildman–Crippen LogP) is 1.77. The van der Waals surface area contributed by atoms with E-state index < -0.39 is 12.0 Å². The number of ether oxygens (including phenoxy) is 1. The standard InChI is InChI=1S/C22H27N3O4/c1-16-9-11-18(12-10-16)23-20(26)14-25(2)15-21(27)24-19(22(28)29-3)13-17-7-5-4-6-8-17/h4-12,19H,13-15H2,1-3H3,(H,23,26)(H,24,27)/t19-/m1/s1. The molecule has 29 heavy (non-hydrogen) atoms. The highest BCUT2D eigenvalue weighted by Gasteiger charge is 2.22. The number of benzene rings is 2. The minimum Gasteiger partial charge on any atom is -0.467 e. The topological polar surface area (TPSA) is 87.7 Å². The quantitative estimate of drug-likeness (QED) is 0.630. The number of aryl methyl sites for hydroxylation is 1. The van der Waals surface area contributed by atoms with Gasteiger partial charge in [-0.25, -0.2) is 4.79 Å². The van der Waals surface area contributed by atoms with Gasteiger partial charge < -0.3 is 15.4 Å². The molecule has 0 heterocycles. The van der Waals surface area contributed by atoms with E-state index in [0.29, 0.717) is 12.1 Å². The molecule has 154 valence electrons. The Morgan fingerprint density at radius 1 is 0.966 bits per heavy atom. The molecular formula is C22H27N3O4. The predicted molar refractivity (Wildman–Crippen MR) is 111 cm³/mol. The molecule has 0 bridgehead atoms. The SMILES string of the molecule is COC(=O)[C@@H](Cc1ccccc1)NC(=O)CN(C)CC(=O)Nc1ccc(C)cc1. The van der Waals surface area contributed by atoms with Crippen LogP contribution in [-0.2, 0) is 25.5 Å². The van der Waals surface area contributed by atoms with E-state index in [1.807, 2.05) is 61.5 Å². The maximum atomic E-state index is 12.4. The Kier molecular flexibility index (Phi) is 8.36. The zero-order valence-corrected chi connectivity index (χ0v) is 17.0. The second-order valence-corrected chi connectivity index (χ2v) is 6.92. The number of rotatable bonds is 9. The summed E-state index contributed by atoms with van der Waals surface area (Å²) < 4.78 is 4.80. The van der Waals surface area contributed by atoms with E-state index in [1.165, 1.54) is 7.11 Å². The third kappa shape index (κ3) is 7.75. The average Bonchev–Trinajstić information content (AvgIpc) is 2.69. The molecular weight excluding hydrogens is 370 g/mol. The normalized spacial score (nSPS) is 11.6. The van der Waals surface area contributed by atoms with E-state index in [4.69, 9.17) is 4.74 Å². The first-order valence-electron chi connectivity index (χ1n) is 9.33. The van der Waals surface area contributed by atoms with Gasteiger partial charge in [-0.05, 0) is 31.7 Å². The Bertz CT molecular complexity index is 822. The van der Waals surface area contributed by atoms with E-state index >= 15 is 0 Å². The highest BCUT2D eigenvalue weighted by atomic mass is 16.5. The molecule has 0 spiro atoms. The summed E-state index contributed by atoms with van der Waals surface area (Å²) in [5, 5.41) is 5.48. The Morgan fingerprint density at radius 2 is 1.59 bits per heavy atom. The molecule has 2 rings (SSSR count). The number of esters is 1. The molecule has 0 unspecified atom stereocenters. The number of nitrogens with one attached hydrogen (secondary N) is 2. The van der Waals surface area contributed by atoms with Crippen molar-refractivity contribution in [1.82, 2.24) is 10.2 Å². The third-order valence-corrected chi connectivity index (χ3v) is 4.27. The van der Waals surface area contributed by atoms with Gasteiger partial charge in [-0.3, -0.25) is 14.5 Å². The van der Waals surface area contributed by atoms with Gasteiger partial charge in [-0.15, -0.1) is 0 Å². The van der Waals surface area contributed by atoms with Crippen LogP contribution in [0.3, 0.4) is 0 Å². The number of nitrogens with zero attached hydrogens (tertiary/aromatic N) is 1. The molecule has 2 amide bonds. The summed E-state index contributed by atoms with van der Waals surface area (Å²) in [7, 11) is 2.95. The summed E-state index contributed by atoms with van der Waals surface area (Å²) in [5.41, 5.74) is 2.72. The number of carbonyl (C=O) groups excluding carboxylic acids is 3. The Balaban J connectivity index is 1.85. The van der Waals surface area contributed by atoms with Gasteiger partial charge in [0.05, 0.1) is 20.2 Å². The fraction of sp³-hybridized carbons (Fsp3) is 0.318. The van der Waals surface area contributed by atoms with Gasteiger partial charge in [0, 0.05) is 12.1 Å². The van der Waals surface area contributed by atoms with E-state index in [2.05, 4.69) is 10.6 Å². The van der Waals surface area contributed by atoms with Crippen molar-refractivity contribution < 1.29 is 19.1 Å². The van der Waals surface area contributed by atoms with E-state index in [9.17, 15) is 14.4 Å². The first-order chi connectivity index (χ1) is 13.9. The molecule has 2 aromatic carbocycles. The summed E-state index contributed by atoms with van der Waals surface area (Å²) in [5.74, 6) is -1.10. The number of anilines is 1. The van der Waals surface area contributed by atoms with Crippen molar-refractivity contribution in [2.24, 2.45) is 0 Å². The van der Waals surface area contributed by atoms with Gasteiger partial charge >= 0.3 is 5.97 Å². The summed E-state index contributed by atoms with van der Waals surface area (Å²) >= 11 is 0. The number of carbonyl (C=O) groups is 3. The highest BCUT2D eigenvalue weighted by molar-refractivity contribution is 5.92. The molecule has 0 aromatic heterocycles. The summed E-state index contributed by atoms with van der Waals surface area (Å²) in [6.45, 7) is 1.99. The zero-order valence-electron chi connectivity index (χ0n) is 17.0. The van der Waals surface area contributed by atoms with Crippen LogP contribution in [0.15, 0.2) is 54.6 Å². The van der Waals surface area contributed by atoms with Gasteiger partial charge in [0.2, 0.25) is 11.8 Å². The molecule has 0 saturated carbocycles. The fourth-order valence-corrected chi connectivity index (χ4v) is 2.81. The highest BCUT2D eigenvalue weighted by Crippen LogP contribution is 2.08. The van der Waals surface area contributed by atoms with Crippen LogP contribution in [0.25, 0.3) is 0 Å². The van der Waals surface area contributed by atoms with E-state index in [1.54, 1.807) is 11.9 Å². The van der Waals surface area contributed by atoms with Crippen LogP contribution in [-0.4, -0.2) is 56.0 Å². The van der Waals surface area contributed by atoms with Gasteiger partial charge in [0.25, 0.3) is 0 Å². The number of methoxy groups -OCH3 is 1. The number of hydrogen-bond acceptors (Lipinski definition) is 5. The van der Waals surface area contributed by atoms with Crippen LogP contribution in [0.5, 0.6) is 0 Å². The minimum absolute atomic E-state index is 0.0242. The molecule has 7 nitrogen and oxygen atoms in total. The maximum absolute atomic E-state index is 12.4. The lowest BCUT2D eigenvalue weighted by atomic mass is 10.1. The van der Waals surface area contributed by atoms with Gasteiger partial charge in [-0.1, -0.05) is 48.0 Å². The molecule has 1 atom stereocenters. The number of likely N-dealkylation sites (N-methyl/N-ethyl adjacent to an activating group) is 1. The van der Waals surface area contributed by atoms with Gasteiger partial charge in [-0.2, -0.15) is 0 Å². The van der Waals surface area contributed by atoms with Crippen LogP contribution in [0.4, 0.5) is 5.69 Å². The van der Waals surface area contributed by atoms with Crippen LogP contribution < -0.4 is 10.6 Å². The summed E-state index contributed by atoms with van der Waals surface area (Å²) in [6.07, 6.45) is 0.330. The zero-order chi connectivity index (χ0) is 21.2. The lowest BCUT2D eigenvalue weighted by molar-refractivity contribution is -0.145. The van der Waals surface area contributed by atoms with Crippen molar-refractivity contribution in [3.8, 4) is 0 Å². The Hall–Kier alpha value is -3.19. The Labute approximate surface area is 171 Å². The molecule has 2 aromatic rings. The van der Waals surface area contributed by atoms with Gasteiger partial charge in [0.1, 0.15) is 6.04 Å². The van der Waals surface area contributed by atoms with Crippen LogP contribution in [0.2, 0.25) is 0 Å².